The van der Waals surface area contributed by atoms with E-state index in [1.807, 2.05) is 37.3 Å². The topological polar surface area (TPSA) is 83.8 Å². The Bertz CT molecular complexity index is 1380. The quantitative estimate of drug-likeness (QED) is 0.445. The molecular formula is C28H29ClFN3O4. The number of fused-ring (bicyclic) bond motifs is 1. The van der Waals surface area contributed by atoms with E-state index >= 15 is 0 Å². The maximum Gasteiger partial charge on any atom is 0.275 e. The number of halogens is 2. The number of likely N-dealkylation sites (N-methyl/N-ethyl adjacent to an activating group) is 1. The molecule has 2 N–H and O–H groups in total. The summed E-state index contributed by atoms with van der Waals surface area (Å²) >= 11 is 5.89. The van der Waals surface area contributed by atoms with Crippen LogP contribution >= 0.6 is 11.6 Å². The molecule has 0 radical (unpaired) electrons. The zero-order valence-electron chi connectivity index (χ0n) is 20.5. The molecule has 1 aromatic heterocycles. The first-order chi connectivity index (χ1) is 17.9. The second-order valence-corrected chi connectivity index (χ2v) is 10.0. The molecule has 7 nitrogen and oxygen atoms in total. The molecular weight excluding hydrogens is 497 g/mol. The summed E-state index contributed by atoms with van der Waals surface area (Å²) in [5.74, 6) is -0.770. The highest BCUT2D eigenvalue weighted by Gasteiger charge is 2.61. The predicted molar refractivity (Wildman–Crippen MR) is 138 cm³/mol. The molecule has 5 rings (SSSR count). The second-order valence-electron chi connectivity index (χ2n) is 9.62. The molecule has 0 bridgehead atoms. The summed E-state index contributed by atoms with van der Waals surface area (Å²) in [5.41, 5.74) is 1.05. The van der Waals surface area contributed by atoms with E-state index in [2.05, 4.69) is 5.32 Å². The highest BCUT2D eigenvalue weighted by molar-refractivity contribution is 6.30. The number of nitrogens with one attached hydrogen (secondary N) is 1. The molecule has 194 valence electrons. The monoisotopic (exact) mass is 525 g/mol. The number of aliphatic hydroxyl groups is 1. The minimum absolute atomic E-state index is 0.00368. The highest BCUT2D eigenvalue weighted by Crippen LogP contribution is 2.52. The summed E-state index contributed by atoms with van der Waals surface area (Å²) < 4.78 is 22.1. The average molecular weight is 526 g/mol. The molecule has 9 heteroatoms. The van der Waals surface area contributed by atoms with Crippen molar-refractivity contribution in [2.45, 2.75) is 45.1 Å². The zero-order chi connectivity index (χ0) is 26.2. The molecule has 2 atom stereocenters. The molecule has 1 amide bonds. The number of nitrogens with zero attached hydrogens (tertiary/aromatic N) is 2. The molecule has 3 aromatic rings. The lowest BCUT2D eigenvalue weighted by Crippen LogP contribution is -2.52. The fourth-order valence-electron chi connectivity index (χ4n) is 5.34. The van der Waals surface area contributed by atoms with E-state index < -0.39 is 11.4 Å². The van der Waals surface area contributed by atoms with Crippen LogP contribution in [0.4, 0.5) is 4.39 Å². The van der Waals surface area contributed by atoms with Crippen molar-refractivity contribution in [3.8, 4) is 5.75 Å². The van der Waals surface area contributed by atoms with E-state index in [-0.39, 0.29) is 60.0 Å². The van der Waals surface area contributed by atoms with Crippen LogP contribution in [-0.2, 0) is 26.2 Å². The number of aromatic nitrogens is 1. The molecule has 1 aliphatic heterocycles. The summed E-state index contributed by atoms with van der Waals surface area (Å²) in [6.07, 6.45) is 2.39. The SMILES string of the molecule is CCN1C(=O)c2c(OCc3ccccc3)c(=O)c(CNCc3cccc(Cl)c3F)cn2C[C@]12C[C@H]2CO. The minimum Gasteiger partial charge on any atom is -0.483 e. The number of aliphatic hydroxyl groups excluding tert-OH is 1. The van der Waals surface area contributed by atoms with E-state index in [0.717, 1.165) is 5.56 Å². The van der Waals surface area contributed by atoms with Crippen LogP contribution in [0.15, 0.2) is 59.5 Å². The Morgan fingerprint density at radius 3 is 2.59 bits per heavy atom. The molecule has 0 unspecified atom stereocenters. The summed E-state index contributed by atoms with van der Waals surface area (Å²) in [5, 5.41) is 13.0. The maximum atomic E-state index is 14.3. The van der Waals surface area contributed by atoms with Crippen molar-refractivity contribution in [1.29, 1.82) is 0 Å². The Morgan fingerprint density at radius 2 is 1.89 bits per heavy atom. The highest BCUT2D eigenvalue weighted by atomic mass is 35.5. The molecule has 2 aromatic carbocycles. The van der Waals surface area contributed by atoms with Gasteiger partial charge in [-0.1, -0.05) is 54.1 Å². The van der Waals surface area contributed by atoms with Gasteiger partial charge in [-0.3, -0.25) is 9.59 Å². The third-order valence-corrected chi connectivity index (χ3v) is 7.66. The van der Waals surface area contributed by atoms with Gasteiger partial charge in [0.2, 0.25) is 5.43 Å². The van der Waals surface area contributed by atoms with Gasteiger partial charge in [-0.2, -0.15) is 0 Å². The van der Waals surface area contributed by atoms with Crippen molar-refractivity contribution in [3.05, 3.63) is 98.2 Å². The van der Waals surface area contributed by atoms with E-state index in [4.69, 9.17) is 16.3 Å². The summed E-state index contributed by atoms with van der Waals surface area (Å²) in [6.45, 7) is 3.29. The smallest absolute Gasteiger partial charge is 0.275 e. The van der Waals surface area contributed by atoms with E-state index in [1.165, 1.54) is 6.07 Å². The number of hydrogen-bond acceptors (Lipinski definition) is 5. The summed E-state index contributed by atoms with van der Waals surface area (Å²) in [6, 6.07) is 14.2. The Morgan fingerprint density at radius 1 is 1.14 bits per heavy atom. The van der Waals surface area contributed by atoms with Crippen molar-refractivity contribution in [2.24, 2.45) is 5.92 Å². The number of amides is 1. The van der Waals surface area contributed by atoms with Crippen LogP contribution in [0.2, 0.25) is 5.02 Å². The summed E-state index contributed by atoms with van der Waals surface area (Å²) in [4.78, 5) is 29.0. The zero-order valence-corrected chi connectivity index (χ0v) is 21.3. The predicted octanol–water partition coefficient (Wildman–Crippen LogP) is 3.74. The fourth-order valence-corrected chi connectivity index (χ4v) is 5.54. The normalized spacial score (nSPS) is 20.3. The van der Waals surface area contributed by atoms with Gasteiger partial charge in [0.05, 0.1) is 10.6 Å². The lowest BCUT2D eigenvalue weighted by Gasteiger charge is -2.39. The van der Waals surface area contributed by atoms with Gasteiger partial charge in [-0.05, 0) is 25.0 Å². The molecule has 1 spiro atoms. The molecule has 2 aliphatic rings. The number of ether oxygens (including phenoxy) is 1. The standard InChI is InChI=1S/C28H29ClFN3O4/c1-2-33-27(36)24-26(37-16-18-7-4-3-5-8-18)25(35)20(14-32(24)17-28(33)11-21(28)15-34)13-31-12-19-9-6-10-22(29)23(19)30/h3-10,14,21,31,34H,2,11-13,15-17H2,1H3/t21-,28-/m0/s1. The van der Waals surface area contributed by atoms with Gasteiger partial charge in [-0.25, -0.2) is 4.39 Å². The fraction of sp³-hybridized carbons (Fsp3) is 0.357. The van der Waals surface area contributed by atoms with Crippen molar-refractivity contribution in [2.75, 3.05) is 13.2 Å². The van der Waals surface area contributed by atoms with Crippen LogP contribution in [0.25, 0.3) is 0 Å². The van der Waals surface area contributed by atoms with Gasteiger partial charge >= 0.3 is 0 Å². The van der Waals surface area contributed by atoms with Crippen LogP contribution in [0.1, 0.15) is 40.5 Å². The molecule has 1 saturated carbocycles. The number of hydrogen-bond donors (Lipinski definition) is 2. The van der Waals surface area contributed by atoms with Gasteiger partial charge < -0.3 is 24.6 Å². The maximum absolute atomic E-state index is 14.3. The van der Waals surface area contributed by atoms with Gasteiger partial charge in [0.25, 0.3) is 5.91 Å². The van der Waals surface area contributed by atoms with Crippen molar-refractivity contribution < 1.29 is 19.0 Å². The number of carbonyl (C=O) groups is 1. The summed E-state index contributed by atoms with van der Waals surface area (Å²) in [7, 11) is 0. The van der Waals surface area contributed by atoms with Gasteiger partial charge in [-0.15, -0.1) is 0 Å². The van der Waals surface area contributed by atoms with E-state index in [1.54, 1.807) is 27.8 Å². The van der Waals surface area contributed by atoms with Crippen LogP contribution in [-0.4, -0.2) is 39.2 Å². The third-order valence-electron chi connectivity index (χ3n) is 7.37. The Kier molecular flexibility index (Phi) is 7.07. The first kappa shape index (κ1) is 25.4. The lowest BCUT2D eigenvalue weighted by atomic mass is 10.0. The minimum atomic E-state index is -0.498. The first-order valence-corrected chi connectivity index (χ1v) is 12.8. The van der Waals surface area contributed by atoms with Gasteiger partial charge in [0, 0.05) is 56.0 Å². The van der Waals surface area contributed by atoms with Crippen molar-refractivity contribution in [1.82, 2.24) is 14.8 Å². The second kappa shape index (κ2) is 10.3. The van der Waals surface area contributed by atoms with Crippen LogP contribution < -0.4 is 15.5 Å². The van der Waals surface area contributed by atoms with Gasteiger partial charge in [0.15, 0.2) is 11.4 Å². The Labute approximate surface area is 219 Å². The average Bonchev–Trinajstić information content (AvgIpc) is 3.60. The molecule has 37 heavy (non-hydrogen) atoms. The Balaban J connectivity index is 1.48. The van der Waals surface area contributed by atoms with E-state index in [9.17, 15) is 19.1 Å². The number of benzene rings is 2. The first-order valence-electron chi connectivity index (χ1n) is 12.4. The molecule has 2 heterocycles. The van der Waals surface area contributed by atoms with Gasteiger partial charge in [0.1, 0.15) is 12.4 Å². The number of carbonyl (C=O) groups excluding carboxylic acids is 1. The number of pyridine rings is 1. The van der Waals surface area contributed by atoms with E-state index in [0.29, 0.717) is 30.6 Å². The largest absolute Gasteiger partial charge is 0.483 e. The molecule has 0 saturated heterocycles. The van der Waals surface area contributed by atoms with Crippen LogP contribution in [0.3, 0.4) is 0 Å². The lowest BCUT2D eigenvalue weighted by molar-refractivity contribution is 0.0506. The Hall–Kier alpha value is -3.20. The molecule has 1 fully saturated rings. The third kappa shape index (κ3) is 4.65. The van der Waals surface area contributed by atoms with Crippen molar-refractivity contribution >= 4 is 17.5 Å². The van der Waals surface area contributed by atoms with Crippen LogP contribution in [0, 0.1) is 11.7 Å². The number of rotatable bonds is 9. The van der Waals surface area contributed by atoms with Crippen molar-refractivity contribution in [3.63, 3.8) is 0 Å². The molecule has 1 aliphatic carbocycles. The van der Waals surface area contributed by atoms with Crippen LogP contribution in [0.5, 0.6) is 5.75 Å².